The van der Waals surface area contributed by atoms with Crippen molar-refractivity contribution in [2.24, 2.45) is 0 Å². The molecule has 0 radical (unpaired) electrons. The number of aliphatic hydroxyl groups is 2. The Hall–Kier alpha value is -1.80. The average molecular weight is 351 g/mol. The number of esters is 1. The van der Waals surface area contributed by atoms with E-state index in [1.807, 2.05) is 0 Å². The van der Waals surface area contributed by atoms with Crippen LogP contribution >= 0.6 is 11.6 Å². The summed E-state index contributed by atoms with van der Waals surface area (Å²) >= 11 is 5.81. The van der Waals surface area contributed by atoms with Crippen molar-refractivity contribution in [2.75, 3.05) is 7.11 Å². The summed E-state index contributed by atoms with van der Waals surface area (Å²) in [7, 11) is 1.14. The number of carbonyl (C=O) groups excluding carboxylic acids is 1. The molecule has 0 fully saturated rings. The molecule has 0 aromatic heterocycles. The van der Waals surface area contributed by atoms with Crippen LogP contribution in [0.2, 0.25) is 5.02 Å². The monoisotopic (exact) mass is 350 g/mol. The van der Waals surface area contributed by atoms with Gasteiger partial charge in [0.15, 0.2) is 6.10 Å². The molecule has 2 atom stereocenters. The summed E-state index contributed by atoms with van der Waals surface area (Å²) < 4.78 is 4.60. The van der Waals surface area contributed by atoms with Crippen LogP contribution in [0.5, 0.6) is 0 Å². The molecule has 0 aliphatic heterocycles. The van der Waals surface area contributed by atoms with Gasteiger partial charge in [-0.25, -0.2) is 4.79 Å². The Kier molecular flexibility index (Phi) is 8.56. The van der Waals surface area contributed by atoms with Crippen molar-refractivity contribution in [3.8, 4) is 11.8 Å². The maximum atomic E-state index is 11.9. The molecule has 24 heavy (non-hydrogen) atoms. The van der Waals surface area contributed by atoms with Crippen LogP contribution in [0.1, 0.15) is 38.2 Å². The van der Waals surface area contributed by atoms with Crippen molar-refractivity contribution in [2.45, 2.75) is 44.3 Å². The first-order valence-corrected chi connectivity index (χ1v) is 8.24. The largest absolute Gasteiger partial charge is 0.467 e. The van der Waals surface area contributed by atoms with Gasteiger partial charge in [-0.1, -0.05) is 55.5 Å². The second-order valence-corrected chi connectivity index (χ2v) is 5.82. The van der Waals surface area contributed by atoms with Gasteiger partial charge in [0, 0.05) is 11.4 Å². The van der Waals surface area contributed by atoms with E-state index < -0.39 is 17.7 Å². The Labute approximate surface area is 148 Å². The number of aliphatic hydroxyl groups excluding tert-OH is 1. The second kappa shape index (κ2) is 10.1. The van der Waals surface area contributed by atoms with E-state index in [0.29, 0.717) is 17.0 Å². The minimum absolute atomic E-state index is 0.577. The lowest BCUT2D eigenvalue weighted by molar-refractivity contribution is -0.163. The highest BCUT2D eigenvalue weighted by Gasteiger charge is 2.41. The van der Waals surface area contributed by atoms with Crippen LogP contribution < -0.4 is 0 Å². The van der Waals surface area contributed by atoms with Gasteiger partial charge >= 0.3 is 5.97 Å². The van der Waals surface area contributed by atoms with Gasteiger partial charge in [0.2, 0.25) is 5.60 Å². The molecule has 0 amide bonds. The zero-order valence-electron chi connectivity index (χ0n) is 14.0. The van der Waals surface area contributed by atoms with E-state index in [0.717, 1.165) is 26.4 Å². The molecule has 0 aliphatic rings. The molecule has 2 unspecified atom stereocenters. The molecule has 130 valence electrons. The lowest BCUT2D eigenvalue weighted by atomic mass is 9.95. The molecule has 0 heterocycles. The molecule has 1 rings (SSSR count). The fraction of sp³-hybridized carbons (Fsp3) is 0.421. The summed E-state index contributed by atoms with van der Waals surface area (Å²) in [6, 6.07) is 6.81. The van der Waals surface area contributed by atoms with Gasteiger partial charge < -0.3 is 14.9 Å². The first kappa shape index (κ1) is 20.2. The van der Waals surface area contributed by atoms with E-state index in [2.05, 4.69) is 23.5 Å². The van der Waals surface area contributed by atoms with Crippen molar-refractivity contribution in [1.82, 2.24) is 0 Å². The minimum atomic E-state index is -2.23. The average Bonchev–Trinajstić information content (AvgIpc) is 2.59. The van der Waals surface area contributed by atoms with Crippen LogP contribution in [0.25, 0.3) is 6.08 Å². The number of carbonyl (C=O) groups is 1. The van der Waals surface area contributed by atoms with Crippen LogP contribution in [-0.2, 0) is 9.53 Å². The number of ether oxygens (including phenoxy) is 1. The normalized spacial score (nSPS) is 14.5. The minimum Gasteiger partial charge on any atom is -0.467 e. The molecule has 4 nitrogen and oxygen atoms in total. The lowest BCUT2D eigenvalue weighted by Gasteiger charge is -2.23. The van der Waals surface area contributed by atoms with Crippen molar-refractivity contribution in [3.05, 3.63) is 40.9 Å². The van der Waals surface area contributed by atoms with Crippen molar-refractivity contribution < 1.29 is 19.7 Å². The fourth-order valence-electron chi connectivity index (χ4n) is 1.97. The highest BCUT2D eigenvalue weighted by molar-refractivity contribution is 6.30. The number of methoxy groups -OCH3 is 1. The third-order valence-electron chi connectivity index (χ3n) is 3.47. The van der Waals surface area contributed by atoms with Crippen LogP contribution in [0.15, 0.2) is 30.3 Å². The maximum Gasteiger partial charge on any atom is 0.345 e. The van der Waals surface area contributed by atoms with Gasteiger partial charge in [-0.2, -0.15) is 0 Å². The molecular formula is C19H23ClO4. The van der Waals surface area contributed by atoms with Crippen molar-refractivity contribution >= 4 is 23.6 Å². The second-order valence-electron chi connectivity index (χ2n) is 5.38. The van der Waals surface area contributed by atoms with Gasteiger partial charge in [0.1, 0.15) is 0 Å². The molecule has 0 saturated carbocycles. The summed E-state index contributed by atoms with van der Waals surface area (Å²) in [6.45, 7) is 2.08. The third kappa shape index (κ3) is 6.01. The van der Waals surface area contributed by atoms with E-state index >= 15 is 0 Å². The Morgan fingerprint density at radius 3 is 2.62 bits per heavy atom. The molecule has 0 bridgehead atoms. The van der Waals surface area contributed by atoms with Gasteiger partial charge in [-0.15, -0.1) is 5.92 Å². The summed E-state index contributed by atoms with van der Waals surface area (Å²) in [5.74, 6) is 4.35. The molecule has 0 spiro atoms. The quantitative estimate of drug-likeness (QED) is 0.450. The molecule has 0 aliphatic carbocycles. The maximum absolute atomic E-state index is 11.9. The van der Waals surface area contributed by atoms with Gasteiger partial charge in [-0.05, 0) is 30.2 Å². The summed E-state index contributed by atoms with van der Waals surface area (Å²) in [5, 5.41) is 21.3. The van der Waals surface area contributed by atoms with E-state index in [4.69, 9.17) is 11.6 Å². The smallest absolute Gasteiger partial charge is 0.345 e. The van der Waals surface area contributed by atoms with Gasteiger partial charge in [0.05, 0.1) is 7.11 Å². The van der Waals surface area contributed by atoms with Crippen molar-refractivity contribution in [3.63, 3.8) is 0 Å². The number of halogens is 1. The highest BCUT2D eigenvalue weighted by Crippen LogP contribution is 2.18. The van der Waals surface area contributed by atoms with E-state index in [9.17, 15) is 15.0 Å². The SMILES string of the molecule is CCCCCC#CC(O)C(O)(/C=C/c1ccc(Cl)cc1)C(=O)OC. The van der Waals surface area contributed by atoms with Crippen LogP contribution in [0, 0.1) is 11.8 Å². The number of hydrogen-bond donors (Lipinski definition) is 2. The number of rotatable bonds is 7. The molecule has 1 aromatic rings. The topological polar surface area (TPSA) is 66.8 Å². The first-order chi connectivity index (χ1) is 11.4. The van der Waals surface area contributed by atoms with E-state index in [1.165, 1.54) is 12.2 Å². The molecular weight excluding hydrogens is 328 g/mol. The predicted molar refractivity (Wildman–Crippen MR) is 95.4 cm³/mol. The molecule has 5 heteroatoms. The van der Waals surface area contributed by atoms with Crippen LogP contribution in [0.3, 0.4) is 0 Å². The van der Waals surface area contributed by atoms with Gasteiger partial charge in [-0.3, -0.25) is 0 Å². The van der Waals surface area contributed by atoms with Crippen LogP contribution in [0.4, 0.5) is 0 Å². The standard InChI is InChI=1S/C19H23ClO4/c1-3-4-5-6-7-8-17(21)19(23,18(22)24-2)14-13-15-9-11-16(20)12-10-15/h9-14,17,21,23H,3-6H2,1-2H3/b14-13+. The molecule has 1 aromatic carbocycles. The molecule has 2 N–H and O–H groups in total. The Morgan fingerprint density at radius 1 is 1.38 bits per heavy atom. The van der Waals surface area contributed by atoms with Crippen molar-refractivity contribution in [1.29, 1.82) is 0 Å². The summed E-state index contributed by atoms with van der Waals surface area (Å²) in [6.07, 6.45) is 4.75. The first-order valence-electron chi connectivity index (χ1n) is 7.86. The Balaban J connectivity index is 2.92. The van der Waals surface area contributed by atoms with E-state index in [1.54, 1.807) is 24.3 Å². The summed E-state index contributed by atoms with van der Waals surface area (Å²) in [5.41, 5.74) is -1.52. The number of unbranched alkanes of at least 4 members (excludes halogenated alkanes) is 3. The third-order valence-corrected chi connectivity index (χ3v) is 3.73. The highest BCUT2D eigenvalue weighted by atomic mass is 35.5. The lowest BCUT2D eigenvalue weighted by Crippen LogP contribution is -2.48. The zero-order valence-corrected chi connectivity index (χ0v) is 14.7. The zero-order chi connectivity index (χ0) is 18.0. The Morgan fingerprint density at radius 2 is 2.04 bits per heavy atom. The van der Waals surface area contributed by atoms with E-state index in [-0.39, 0.29) is 0 Å². The van der Waals surface area contributed by atoms with Crippen LogP contribution in [-0.4, -0.2) is 35.0 Å². The predicted octanol–water partition coefficient (Wildman–Crippen LogP) is 3.20. The van der Waals surface area contributed by atoms with Gasteiger partial charge in [0.25, 0.3) is 0 Å². The summed E-state index contributed by atoms with van der Waals surface area (Å²) in [4.78, 5) is 11.9. The molecule has 0 saturated heterocycles. The number of hydrogen-bond acceptors (Lipinski definition) is 4. The Bertz CT molecular complexity index is 612. The number of benzene rings is 1. The fourth-order valence-corrected chi connectivity index (χ4v) is 2.10.